The number of hydrogen-bond acceptors (Lipinski definition) is 6. The van der Waals surface area contributed by atoms with E-state index in [0.29, 0.717) is 28.3 Å². The van der Waals surface area contributed by atoms with Gasteiger partial charge >= 0.3 is 0 Å². The van der Waals surface area contributed by atoms with Gasteiger partial charge in [0, 0.05) is 36.3 Å². The van der Waals surface area contributed by atoms with Gasteiger partial charge in [-0.1, -0.05) is 29.8 Å². The Bertz CT molecular complexity index is 1170. The second-order valence-corrected chi connectivity index (χ2v) is 7.39. The number of aromatic nitrogens is 1. The van der Waals surface area contributed by atoms with Crippen LogP contribution < -0.4 is 14.8 Å². The van der Waals surface area contributed by atoms with Crippen molar-refractivity contribution in [1.82, 2.24) is 9.88 Å². The normalized spacial score (nSPS) is 13.5. The van der Waals surface area contributed by atoms with Crippen LogP contribution in [-0.4, -0.2) is 35.9 Å². The monoisotopic (exact) mass is 429 g/mol. The second-order valence-electron chi connectivity index (χ2n) is 7.39. The number of nitrogens with one attached hydrogen (secondary N) is 1. The Morgan fingerprint density at radius 1 is 0.875 bits per heavy atom. The summed E-state index contributed by atoms with van der Waals surface area (Å²) in [7, 11) is 3.10. The van der Waals surface area contributed by atoms with Crippen LogP contribution in [0.4, 0.5) is 5.69 Å². The van der Waals surface area contributed by atoms with Crippen molar-refractivity contribution in [2.75, 3.05) is 19.5 Å². The molecular weight excluding hydrogens is 406 g/mol. The van der Waals surface area contributed by atoms with Gasteiger partial charge in [0.1, 0.15) is 17.2 Å². The minimum atomic E-state index is -0.399. The van der Waals surface area contributed by atoms with E-state index in [1.165, 1.54) is 4.90 Å². The van der Waals surface area contributed by atoms with Crippen LogP contribution in [0, 0.1) is 6.92 Å². The lowest BCUT2D eigenvalue weighted by Gasteiger charge is -2.15. The molecule has 1 aromatic heterocycles. The van der Waals surface area contributed by atoms with Crippen molar-refractivity contribution in [3.63, 3.8) is 0 Å². The zero-order chi connectivity index (χ0) is 22.7. The smallest absolute Gasteiger partial charge is 0.278 e. The van der Waals surface area contributed by atoms with E-state index in [1.807, 2.05) is 31.2 Å². The van der Waals surface area contributed by atoms with Crippen LogP contribution in [0.2, 0.25) is 0 Å². The number of aryl methyl sites for hydroxylation is 1. The summed E-state index contributed by atoms with van der Waals surface area (Å²) in [6, 6.07) is 16.3. The number of pyridine rings is 1. The van der Waals surface area contributed by atoms with E-state index in [9.17, 15) is 9.59 Å². The zero-order valence-corrected chi connectivity index (χ0v) is 18.1. The molecule has 0 saturated heterocycles. The summed E-state index contributed by atoms with van der Waals surface area (Å²) in [5, 5.41) is 3.14. The summed E-state index contributed by atoms with van der Waals surface area (Å²) in [6.07, 6.45) is 3.27. The fourth-order valence-corrected chi connectivity index (χ4v) is 3.52. The number of amides is 2. The van der Waals surface area contributed by atoms with Gasteiger partial charge in [-0.2, -0.15) is 0 Å². The molecule has 162 valence electrons. The fraction of sp³-hybridized carbons (Fsp3) is 0.160. The van der Waals surface area contributed by atoms with Crippen molar-refractivity contribution >= 4 is 23.1 Å². The third-order valence-corrected chi connectivity index (χ3v) is 5.22. The van der Waals surface area contributed by atoms with E-state index in [0.717, 1.165) is 11.1 Å². The van der Waals surface area contributed by atoms with E-state index in [2.05, 4.69) is 10.3 Å². The first kappa shape index (κ1) is 21.1. The summed E-state index contributed by atoms with van der Waals surface area (Å²) < 4.78 is 10.7. The molecule has 0 bridgehead atoms. The molecule has 0 radical (unpaired) electrons. The molecule has 1 aliphatic heterocycles. The minimum absolute atomic E-state index is 0.155. The van der Waals surface area contributed by atoms with Gasteiger partial charge in [-0.25, -0.2) is 0 Å². The standard InChI is InChI=1S/C25H23N3O4/c1-16-4-6-18(7-5-16)22-23(27-19-12-20(31-2)14-21(13-19)32-3)25(30)28(24(22)29)15-17-8-10-26-11-9-17/h4-14,27H,15H2,1-3H3. The van der Waals surface area contributed by atoms with Crippen molar-refractivity contribution < 1.29 is 19.1 Å². The van der Waals surface area contributed by atoms with Crippen molar-refractivity contribution in [2.24, 2.45) is 0 Å². The van der Waals surface area contributed by atoms with Gasteiger partial charge in [0.25, 0.3) is 11.8 Å². The number of ether oxygens (including phenoxy) is 2. The molecule has 2 amide bonds. The Hall–Kier alpha value is -4.13. The van der Waals surface area contributed by atoms with Crippen molar-refractivity contribution in [2.45, 2.75) is 13.5 Å². The summed E-state index contributed by atoms with van der Waals surface area (Å²) in [4.78, 5) is 32.0. The van der Waals surface area contributed by atoms with E-state index < -0.39 is 5.91 Å². The van der Waals surface area contributed by atoms with Gasteiger partial charge in [-0.3, -0.25) is 19.5 Å². The predicted molar refractivity (Wildman–Crippen MR) is 121 cm³/mol. The minimum Gasteiger partial charge on any atom is -0.497 e. The number of imide groups is 1. The third kappa shape index (κ3) is 4.18. The Balaban J connectivity index is 1.76. The van der Waals surface area contributed by atoms with Gasteiger partial charge in [0.05, 0.1) is 26.3 Å². The maximum atomic E-state index is 13.4. The molecule has 2 aromatic carbocycles. The average molecular weight is 429 g/mol. The van der Waals surface area contributed by atoms with Crippen LogP contribution in [0.5, 0.6) is 11.5 Å². The highest BCUT2D eigenvalue weighted by Gasteiger charge is 2.39. The summed E-state index contributed by atoms with van der Waals surface area (Å²) in [5.74, 6) is 0.377. The molecule has 0 fully saturated rings. The molecule has 0 spiro atoms. The first-order chi connectivity index (χ1) is 15.5. The molecule has 0 saturated carbocycles. The van der Waals surface area contributed by atoms with Crippen LogP contribution in [0.1, 0.15) is 16.7 Å². The van der Waals surface area contributed by atoms with Crippen LogP contribution in [0.15, 0.2) is 72.7 Å². The molecule has 7 heteroatoms. The Labute approximate surface area is 186 Å². The summed E-state index contributed by atoms with van der Waals surface area (Å²) in [6.45, 7) is 2.12. The Morgan fingerprint density at radius 3 is 2.09 bits per heavy atom. The number of carbonyl (C=O) groups excluding carboxylic acids is 2. The predicted octanol–water partition coefficient (Wildman–Crippen LogP) is 3.80. The zero-order valence-electron chi connectivity index (χ0n) is 18.1. The number of carbonyl (C=O) groups is 2. The molecule has 32 heavy (non-hydrogen) atoms. The van der Waals surface area contributed by atoms with Gasteiger partial charge in [0.15, 0.2) is 0 Å². The highest BCUT2D eigenvalue weighted by atomic mass is 16.5. The van der Waals surface area contributed by atoms with E-state index in [-0.39, 0.29) is 18.1 Å². The van der Waals surface area contributed by atoms with Crippen LogP contribution >= 0.6 is 0 Å². The van der Waals surface area contributed by atoms with Gasteiger partial charge in [0.2, 0.25) is 0 Å². The number of nitrogens with zero attached hydrogens (tertiary/aromatic N) is 2. The summed E-state index contributed by atoms with van der Waals surface area (Å²) >= 11 is 0. The lowest BCUT2D eigenvalue weighted by Crippen LogP contribution is -2.32. The molecule has 7 nitrogen and oxygen atoms in total. The lowest BCUT2D eigenvalue weighted by molar-refractivity contribution is -0.137. The summed E-state index contributed by atoms with van der Waals surface area (Å²) in [5.41, 5.74) is 3.66. The van der Waals surface area contributed by atoms with Gasteiger partial charge in [-0.15, -0.1) is 0 Å². The molecule has 1 aliphatic rings. The lowest BCUT2D eigenvalue weighted by atomic mass is 10.0. The molecule has 0 atom stereocenters. The highest BCUT2D eigenvalue weighted by molar-refractivity contribution is 6.36. The number of rotatable bonds is 7. The van der Waals surface area contributed by atoms with Crippen LogP contribution in [0.3, 0.4) is 0 Å². The maximum absolute atomic E-state index is 13.4. The highest BCUT2D eigenvalue weighted by Crippen LogP contribution is 2.33. The van der Waals surface area contributed by atoms with E-state index in [4.69, 9.17) is 9.47 Å². The van der Waals surface area contributed by atoms with Crippen LogP contribution in [-0.2, 0) is 16.1 Å². The maximum Gasteiger partial charge on any atom is 0.278 e. The molecule has 3 aromatic rings. The molecule has 2 heterocycles. The van der Waals surface area contributed by atoms with E-state index in [1.54, 1.807) is 56.9 Å². The number of methoxy groups -OCH3 is 2. The second kappa shape index (κ2) is 8.93. The third-order valence-electron chi connectivity index (χ3n) is 5.22. The van der Waals surface area contributed by atoms with Crippen molar-refractivity contribution in [1.29, 1.82) is 0 Å². The van der Waals surface area contributed by atoms with E-state index >= 15 is 0 Å². The van der Waals surface area contributed by atoms with Gasteiger partial charge in [-0.05, 0) is 30.2 Å². The van der Waals surface area contributed by atoms with Gasteiger partial charge < -0.3 is 14.8 Å². The SMILES string of the molecule is COc1cc(NC2=C(c3ccc(C)cc3)C(=O)N(Cc3ccncc3)C2=O)cc(OC)c1. The first-order valence-corrected chi connectivity index (χ1v) is 10.1. The molecule has 1 N–H and O–H groups in total. The molecular formula is C25H23N3O4. The Kier molecular flexibility index (Phi) is 5.89. The first-order valence-electron chi connectivity index (χ1n) is 10.1. The van der Waals surface area contributed by atoms with Crippen molar-refractivity contribution in [3.05, 3.63) is 89.4 Å². The number of anilines is 1. The quantitative estimate of drug-likeness (QED) is 0.576. The number of hydrogen-bond donors (Lipinski definition) is 1. The van der Waals surface area contributed by atoms with Crippen molar-refractivity contribution in [3.8, 4) is 11.5 Å². The average Bonchev–Trinajstić information content (AvgIpc) is 3.04. The topological polar surface area (TPSA) is 80.8 Å². The Morgan fingerprint density at radius 2 is 1.50 bits per heavy atom. The van der Waals surface area contributed by atoms with Crippen LogP contribution in [0.25, 0.3) is 5.57 Å². The fourth-order valence-electron chi connectivity index (χ4n) is 3.52. The molecule has 0 unspecified atom stereocenters. The largest absolute Gasteiger partial charge is 0.497 e. The number of benzene rings is 2. The molecule has 4 rings (SSSR count). The molecule has 0 aliphatic carbocycles.